The molecule has 2 aliphatic heterocycles. The van der Waals surface area contributed by atoms with Crippen molar-refractivity contribution in [2.45, 2.75) is 51.0 Å². The lowest BCUT2D eigenvalue weighted by molar-refractivity contribution is -0.117. The first-order valence-corrected chi connectivity index (χ1v) is 9.84. The number of likely N-dealkylation sites (tertiary alicyclic amines) is 1. The van der Waals surface area contributed by atoms with Crippen LogP contribution in [0.4, 0.5) is 11.4 Å². The number of hydrogen-bond donors (Lipinski definition) is 3. The van der Waals surface area contributed by atoms with Gasteiger partial charge in [0.1, 0.15) is 0 Å². The number of carbonyl (C=O) groups excluding carboxylic acids is 2. The summed E-state index contributed by atoms with van der Waals surface area (Å²) in [6, 6.07) is 7.66. The standard InChI is InChI=1S/C20H30N4O2/c25-19(14-16-9-6-10-21-16)22-17-7-5-8-18(13-17)23-20(26)15-24-11-3-1-2-4-12-24/h5,7-8,13,16,21H,1-4,6,9-12,14-15H2,(H,22,25)(H,23,26). The van der Waals surface area contributed by atoms with Gasteiger partial charge >= 0.3 is 0 Å². The summed E-state index contributed by atoms with van der Waals surface area (Å²) in [4.78, 5) is 26.7. The summed E-state index contributed by atoms with van der Waals surface area (Å²) in [5.74, 6) is 0.0166. The van der Waals surface area contributed by atoms with Crippen molar-refractivity contribution < 1.29 is 9.59 Å². The fourth-order valence-corrected chi connectivity index (χ4v) is 3.74. The van der Waals surface area contributed by atoms with Crippen LogP contribution < -0.4 is 16.0 Å². The van der Waals surface area contributed by atoms with Gasteiger partial charge in [0, 0.05) is 23.8 Å². The molecule has 1 unspecified atom stereocenters. The summed E-state index contributed by atoms with van der Waals surface area (Å²) in [6.07, 6.45) is 7.55. The summed E-state index contributed by atoms with van der Waals surface area (Å²) in [5.41, 5.74) is 1.45. The van der Waals surface area contributed by atoms with Gasteiger partial charge in [0.15, 0.2) is 0 Å². The number of benzene rings is 1. The summed E-state index contributed by atoms with van der Waals surface area (Å²) in [6.45, 7) is 3.43. The molecule has 3 N–H and O–H groups in total. The Balaban J connectivity index is 1.48. The van der Waals surface area contributed by atoms with Gasteiger partial charge in [-0.1, -0.05) is 18.9 Å². The largest absolute Gasteiger partial charge is 0.326 e. The highest BCUT2D eigenvalue weighted by atomic mass is 16.2. The van der Waals surface area contributed by atoms with Gasteiger partial charge in [0.05, 0.1) is 6.54 Å². The summed E-state index contributed by atoms with van der Waals surface area (Å²) in [7, 11) is 0. The summed E-state index contributed by atoms with van der Waals surface area (Å²) in [5, 5.41) is 9.22. The molecular weight excluding hydrogens is 328 g/mol. The van der Waals surface area contributed by atoms with Crippen molar-refractivity contribution in [3.63, 3.8) is 0 Å². The lowest BCUT2D eigenvalue weighted by Gasteiger charge is -2.19. The third-order valence-corrected chi connectivity index (χ3v) is 5.09. The molecule has 26 heavy (non-hydrogen) atoms. The topological polar surface area (TPSA) is 73.5 Å². The first kappa shape index (κ1) is 18.9. The number of rotatable bonds is 6. The van der Waals surface area contributed by atoms with Gasteiger partial charge in [-0.15, -0.1) is 0 Å². The van der Waals surface area contributed by atoms with E-state index < -0.39 is 0 Å². The normalized spacial score (nSPS) is 21.2. The lowest BCUT2D eigenvalue weighted by atomic mass is 10.1. The van der Waals surface area contributed by atoms with Gasteiger partial charge in [-0.2, -0.15) is 0 Å². The molecule has 0 saturated carbocycles. The Morgan fingerprint density at radius 1 is 1.00 bits per heavy atom. The first-order valence-electron chi connectivity index (χ1n) is 9.84. The third-order valence-electron chi connectivity index (χ3n) is 5.09. The Labute approximate surface area is 155 Å². The predicted molar refractivity (Wildman–Crippen MR) is 104 cm³/mol. The van der Waals surface area contributed by atoms with Crippen molar-refractivity contribution in [3.05, 3.63) is 24.3 Å². The highest BCUT2D eigenvalue weighted by Crippen LogP contribution is 2.17. The second-order valence-electron chi connectivity index (χ2n) is 7.36. The summed E-state index contributed by atoms with van der Waals surface area (Å²) < 4.78 is 0. The average molecular weight is 358 g/mol. The fourth-order valence-electron chi connectivity index (χ4n) is 3.74. The first-order chi connectivity index (χ1) is 12.7. The zero-order valence-corrected chi connectivity index (χ0v) is 15.4. The maximum Gasteiger partial charge on any atom is 0.238 e. The fraction of sp³-hybridized carbons (Fsp3) is 0.600. The van der Waals surface area contributed by atoms with E-state index in [0.29, 0.717) is 13.0 Å². The molecule has 1 atom stereocenters. The van der Waals surface area contributed by atoms with Crippen molar-refractivity contribution in [2.24, 2.45) is 0 Å². The van der Waals surface area contributed by atoms with Crippen LogP contribution in [-0.2, 0) is 9.59 Å². The van der Waals surface area contributed by atoms with Crippen LogP contribution in [-0.4, -0.2) is 48.9 Å². The zero-order chi connectivity index (χ0) is 18.2. The van der Waals surface area contributed by atoms with Gasteiger partial charge in [-0.3, -0.25) is 14.5 Å². The van der Waals surface area contributed by atoms with Gasteiger partial charge in [-0.05, 0) is 63.5 Å². The third kappa shape index (κ3) is 6.11. The number of nitrogens with one attached hydrogen (secondary N) is 3. The molecule has 6 nitrogen and oxygen atoms in total. The van der Waals surface area contributed by atoms with E-state index in [1.807, 2.05) is 24.3 Å². The van der Waals surface area contributed by atoms with Crippen molar-refractivity contribution in [2.75, 3.05) is 36.8 Å². The van der Waals surface area contributed by atoms with Crippen LogP contribution in [0.15, 0.2) is 24.3 Å². The molecule has 0 aliphatic carbocycles. The quantitative estimate of drug-likeness (QED) is 0.731. The van der Waals surface area contributed by atoms with Crippen molar-refractivity contribution >= 4 is 23.2 Å². The van der Waals surface area contributed by atoms with Crippen molar-refractivity contribution in [1.82, 2.24) is 10.2 Å². The van der Waals surface area contributed by atoms with Crippen LogP contribution in [0.5, 0.6) is 0 Å². The number of amides is 2. The van der Waals surface area contributed by atoms with E-state index in [9.17, 15) is 9.59 Å². The second kappa shape index (κ2) is 9.69. The molecule has 1 aromatic rings. The van der Waals surface area contributed by atoms with E-state index >= 15 is 0 Å². The van der Waals surface area contributed by atoms with E-state index in [2.05, 4.69) is 20.9 Å². The van der Waals surface area contributed by atoms with Crippen LogP contribution in [0.25, 0.3) is 0 Å². The van der Waals surface area contributed by atoms with Crippen LogP contribution in [0.2, 0.25) is 0 Å². The van der Waals surface area contributed by atoms with Crippen LogP contribution >= 0.6 is 0 Å². The van der Waals surface area contributed by atoms with Gasteiger partial charge in [-0.25, -0.2) is 0 Å². The van der Waals surface area contributed by atoms with E-state index in [1.54, 1.807) is 0 Å². The molecule has 142 valence electrons. The van der Waals surface area contributed by atoms with Crippen LogP contribution in [0, 0.1) is 0 Å². The molecule has 2 saturated heterocycles. The van der Waals surface area contributed by atoms with Crippen LogP contribution in [0.3, 0.4) is 0 Å². The number of anilines is 2. The molecule has 0 spiro atoms. The van der Waals surface area contributed by atoms with Crippen molar-refractivity contribution in [3.8, 4) is 0 Å². The van der Waals surface area contributed by atoms with E-state index in [-0.39, 0.29) is 17.9 Å². The Morgan fingerprint density at radius 3 is 2.35 bits per heavy atom. The van der Waals surface area contributed by atoms with E-state index in [0.717, 1.165) is 43.9 Å². The Kier molecular flexibility index (Phi) is 7.03. The predicted octanol–water partition coefficient (Wildman–Crippen LogP) is 2.58. The van der Waals surface area contributed by atoms with Crippen molar-refractivity contribution in [1.29, 1.82) is 0 Å². The molecule has 2 amide bonds. The maximum absolute atomic E-state index is 12.3. The molecular formula is C20H30N4O2. The number of carbonyl (C=O) groups is 2. The molecule has 0 aromatic heterocycles. The Morgan fingerprint density at radius 2 is 1.69 bits per heavy atom. The summed E-state index contributed by atoms with van der Waals surface area (Å²) >= 11 is 0. The zero-order valence-electron chi connectivity index (χ0n) is 15.4. The van der Waals surface area contributed by atoms with Gasteiger partial charge in [0.2, 0.25) is 11.8 Å². The minimum Gasteiger partial charge on any atom is -0.326 e. The van der Waals surface area contributed by atoms with E-state index in [4.69, 9.17) is 0 Å². The minimum atomic E-state index is 0.00512. The number of hydrogen-bond acceptors (Lipinski definition) is 4. The Bertz CT molecular complexity index is 606. The SMILES string of the molecule is O=C(CC1CCCN1)Nc1cccc(NC(=O)CN2CCCCCC2)c1. The molecule has 2 fully saturated rings. The van der Waals surface area contributed by atoms with Crippen LogP contribution in [0.1, 0.15) is 44.9 Å². The minimum absolute atomic E-state index is 0.00512. The average Bonchev–Trinajstić information content (AvgIpc) is 2.97. The molecule has 6 heteroatoms. The molecule has 0 bridgehead atoms. The molecule has 2 aliphatic rings. The number of nitrogens with zero attached hydrogens (tertiary/aromatic N) is 1. The molecule has 3 rings (SSSR count). The van der Waals surface area contributed by atoms with Gasteiger partial charge < -0.3 is 16.0 Å². The Hall–Kier alpha value is -1.92. The lowest BCUT2D eigenvalue weighted by Crippen LogP contribution is -2.33. The van der Waals surface area contributed by atoms with E-state index in [1.165, 1.54) is 25.7 Å². The molecule has 1 aromatic carbocycles. The highest BCUT2D eigenvalue weighted by Gasteiger charge is 2.18. The molecule has 2 heterocycles. The second-order valence-corrected chi connectivity index (χ2v) is 7.36. The maximum atomic E-state index is 12.3. The highest BCUT2D eigenvalue weighted by molar-refractivity contribution is 5.95. The molecule has 0 radical (unpaired) electrons. The smallest absolute Gasteiger partial charge is 0.238 e. The van der Waals surface area contributed by atoms with Gasteiger partial charge in [0.25, 0.3) is 0 Å². The monoisotopic (exact) mass is 358 g/mol.